The van der Waals surface area contributed by atoms with Gasteiger partial charge in [0.05, 0.1) is 16.8 Å². The molecule has 2 rings (SSSR count). The van der Waals surface area contributed by atoms with Crippen molar-refractivity contribution in [2.45, 2.75) is 19.9 Å². The van der Waals surface area contributed by atoms with Crippen molar-refractivity contribution < 1.29 is 5.11 Å². The van der Waals surface area contributed by atoms with Gasteiger partial charge in [-0.05, 0) is 32.0 Å². The van der Waals surface area contributed by atoms with Gasteiger partial charge in [0, 0.05) is 24.5 Å². The third kappa shape index (κ3) is 2.59. The number of hydrogen-bond acceptors (Lipinski definition) is 3. The molecule has 2 aromatic rings. The second-order valence-electron chi connectivity index (χ2n) is 4.38. The summed E-state index contributed by atoms with van der Waals surface area (Å²) in [6, 6.07) is 5.20. The Balaban J connectivity index is 2.18. The van der Waals surface area contributed by atoms with E-state index in [2.05, 4.69) is 17.3 Å². The van der Waals surface area contributed by atoms with Crippen LogP contribution in [0.5, 0.6) is 5.75 Å². The number of aromatic nitrogens is 2. The Morgan fingerprint density at radius 2 is 2.17 bits per heavy atom. The summed E-state index contributed by atoms with van der Waals surface area (Å²) in [5.74, 6) is 0.0902. The summed E-state index contributed by atoms with van der Waals surface area (Å²) in [6.07, 6.45) is 2.00. The minimum absolute atomic E-state index is 0.0902. The second-order valence-corrected chi connectivity index (χ2v) is 4.78. The Morgan fingerprint density at radius 3 is 2.72 bits per heavy atom. The van der Waals surface area contributed by atoms with E-state index in [-0.39, 0.29) is 11.8 Å². The molecule has 1 heterocycles. The summed E-state index contributed by atoms with van der Waals surface area (Å²) in [7, 11) is 1.90. The van der Waals surface area contributed by atoms with Crippen LogP contribution in [-0.2, 0) is 7.05 Å². The van der Waals surface area contributed by atoms with E-state index in [0.29, 0.717) is 5.02 Å². The number of halogens is 1. The standard InChI is InChI=1S/C13H16ClN3O/c1-8(11-7-17(3)16-9(11)2)15-10-4-5-13(18)12(14)6-10/h4-8,15,18H,1-3H3. The van der Waals surface area contributed by atoms with Crippen molar-refractivity contribution in [1.82, 2.24) is 9.78 Å². The number of phenolic OH excluding ortho intramolecular Hbond substituents is 1. The number of anilines is 1. The first kappa shape index (κ1) is 12.8. The first-order chi connectivity index (χ1) is 8.47. The van der Waals surface area contributed by atoms with Crippen molar-refractivity contribution in [2.24, 2.45) is 7.05 Å². The van der Waals surface area contributed by atoms with Gasteiger partial charge < -0.3 is 10.4 Å². The van der Waals surface area contributed by atoms with Gasteiger partial charge in [0.1, 0.15) is 5.75 Å². The number of aryl methyl sites for hydroxylation is 2. The molecule has 18 heavy (non-hydrogen) atoms. The van der Waals surface area contributed by atoms with Crippen LogP contribution in [0.3, 0.4) is 0 Å². The van der Waals surface area contributed by atoms with E-state index in [1.54, 1.807) is 22.9 Å². The largest absolute Gasteiger partial charge is 0.506 e. The number of nitrogens with zero attached hydrogens (tertiary/aromatic N) is 2. The summed E-state index contributed by atoms with van der Waals surface area (Å²) in [6.45, 7) is 4.04. The summed E-state index contributed by atoms with van der Waals surface area (Å²) in [5.41, 5.74) is 3.01. The zero-order valence-electron chi connectivity index (χ0n) is 10.6. The van der Waals surface area contributed by atoms with Crippen LogP contribution >= 0.6 is 11.6 Å². The lowest BCUT2D eigenvalue weighted by molar-refractivity contribution is 0.475. The molecular formula is C13H16ClN3O. The third-order valence-electron chi connectivity index (χ3n) is 2.85. The topological polar surface area (TPSA) is 50.1 Å². The fourth-order valence-electron chi connectivity index (χ4n) is 1.97. The normalized spacial score (nSPS) is 12.4. The van der Waals surface area contributed by atoms with E-state index in [1.807, 2.05) is 20.2 Å². The van der Waals surface area contributed by atoms with Crippen molar-refractivity contribution in [3.05, 3.63) is 40.7 Å². The molecular weight excluding hydrogens is 250 g/mol. The lowest BCUT2D eigenvalue weighted by Crippen LogP contribution is -2.06. The molecule has 1 atom stereocenters. The van der Waals surface area contributed by atoms with Gasteiger partial charge in [0.15, 0.2) is 0 Å². The van der Waals surface area contributed by atoms with E-state index >= 15 is 0 Å². The van der Waals surface area contributed by atoms with Gasteiger partial charge >= 0.3 is 0 Å². The molecule has 1 unspecified atom stereocenters. The summed E-state index contributed by atoms with van der Waals surface area (Å²) >= 11 is 5.87. The predicted octanol–water partition coefficient (Wildman–Crippen LogP) is 3.26. The van der Waals surface area contributed by atoms with Crippen molar-refractivity contribution in [3.63, 3.8) is 0 Å². The summed E-state index contributed by atoms with van der Waals surface area (Å²) in [5, 5.41) is 17.4. The highest BCUT2D eigenvalue weighted by atomic mass is 35.5. The smallest absolute Gasteiger partial charge is 0.134 e. The molecule has 0 aliphatic carbocycles. The molecule has 0 fully saturated rings. The highest BCUT2D eigenvalue weighted by Gasteiger charge is 2.12. The van der Waals surface area contributed by atoms with Crippen LogP contribution in [0.25, 0.3) is 0 Å². The van der Waals surface area contributed by atoms with E-state index in [1.165, 1.54) is 0 Å². The van der Waals surface area contributed by atoms with Crippen LogP contribution in [-0.4, -0.2) is 14.9 Å². The Kier molecular flexibility index (Phi) is 3.48. The fourth-order valence-corrected chi connectivity index (χ4v) is 2.15. The Morgan fingerprint density at radius 1 is 1.44 bits per heavy atom. The number of rotatable bonds is 3. The van der Waals surface area contributed by atoms with Gasteiger partial charge in [-0.15, -0.1) is 0 Å². The van der Waals surface area contributed by atoms with Crippen LogP contribution in [0, 0.1) is 6.92 Å². The number of nitrogens with one attached hydrogen (secondary N) is 1. The number of benzene rings is 1. The zero-order chi connectivity index (χ0) is 13.3. The maximum Gasteiger partial charge on any atom is 0.134 e. The first-order valence-electron chi connectivity index (χ1n) is 5.72. The third-order valence-corrected chi connectivity index (χ3v) is 3.15. The van der Waals surface area contributed by atoms with Gasteiger partial charge in [-0.1, -0.05) is 11.6 Å². The van der Waals surface area contributed by atoms with Crippen LogP contribution in [0.15, 0.2) is 24.4 Å². The average Bonchev–Trinajstić information content (AvgIpc) is 2.63. The molecule has 0 saturated carbocycles. The van der Waals surface area contributed by atoms with Crippen molar-refractivity contribution in [1.29, 1.82) is 0 Å². The highest BCUT2D eigenvalue weighted by Crippen LogP contribution is 2.28. The van der Waals surface area contributed by atoms with Crippen molar-refractivity contribution >= 4 is 17.3 Å². The van der Waals surface area contributed by atoms with E-state index < -0.39 is 0 Å². The van der Waals surface area contributed by atoms with Crippen molar-refractivity contribution in [2.75, 3.05) is 5.32 Å². The zero-order valence-corrected chi connectivity index (χ0v) is 11.4. The molecule has 0 aliphatic heterocycles. The molecule has 0 radical (unpaired) electrons. The molecule has 0 amide bonds. The fraction of sp³-hybridized carbons (Fsp3) is 0.308. The van der Waals surface area contributed by atoms with Gasteiger partial charge in [-0.2, -0.15) is 5.10 Å². The molecule has 1 aromatic carbocycles. The van der Waals surface area contributed by atoms with Crippen LogP contribution in [0.4, 0.5) is 5.69 Å². The SMILES string of the molecule is Cc1nn(C)cc1C(C)Nc1ccc(O)c(Cl)c1. The number of aromatic hydroxyl groups is 1. The van der Waals surface area contributed by atoms with Crippen molar-refractivity contribution in [3.8, 4) is 5.75 Å². The van der Waals surface area contributed by atoms with E-state index in [0.717, 1.165) is 16.9 Å². The lowest BCUT2D eigenvalue weighted by Gasteiger charge is -2.15. The monoisotopic (exact) mass is 265 g/mol. The van der Waals surface area contributed by atoms with Crippen LogP contribution < -0.4 is 5.32 Å². The molecule has 4 nitrogen and oxygen atoms in total. The highest BCUT2D eigenvalue weighted by molar-refractivity contribution is 6.32. The Labute approximate surface area is 111 Å². The molecule has 1 aromatic heterocycles. The maximum absolute atomic E-state index is 9.37. The predicted molar refractivity (Wildman–Crippen MR) is 73.1 cm³/mol. The van der Waals surface area contributed by atoms with Gasteiger partial charge in [-0.3, -0.25) is 4.68 Å². The van der Waals surface area contributed by atoms with Gasteiger partial charge in [-0.25, -0.2) is 0 Å². The van der Waals surface area contributed by atoms with E-state index in [4.69, 9.17) is 11.6 Å². The first-order valence-corrected chi connectivity index (χ1v) is 6.10. The molecule has 0 bridgehead atoms. The second kappa shape index (κ2) is 4.90. The Bertz CT molecular complexity index is 565. The Hall–Kier alpha value is -1.68. The number of phenols is 1. The van der Waals surface area contributed by atoms with Crippen LogP contribution in [0.2, 0.25) is 5.02 Å². The lowest BCUT2D eigenvalue weighted by atomic mass is 10.1. The number of hydrogen-bond donors (Lipinski definition) is 2. The summed E-state index contributed by atoms with van der Waals surface area (Å²) < 4.78 is 1.80. The molecule has 2 N–H and O–H groups in total. The van der Waals surface area contributed by atoms with Gasteiger partial charge in [0.2, 0.25) is 0 Å². The molecule has 5 heteroatoms. The summed E-state index contributed by atoms with van der Waals surface area (Å²) in [4.78, 5) is 0. The average molecular weight is 266 g/mol. The minimum Gasteiger partial charge on any atom is -0.506 e. The molecule has 0 spiro atoms. The van der Waals surface area contributed by atoms with Crippen LogP contribution in [0.1, 0.15) is 24.2 Å². The molecule has 96 valence electrons. The maximum atomic E-state index is 9.37. The molecule has 0 aliphatic rings. The minimum atomic E-state index is 0.0902. The molecule has 0 saturated heterocycles. The van der Waals surface area contributed by atoms with E-state index in [9.17, 15) is 5.11 Å². The quantitative estimate of drug-likeness (QED) is 0.838. The van der Waals surface area contributed by atoms with Gasteiger partial charge in [0.25, 0.3) is 0 Å².